The van der Waals surface area contributed by atoms with Crippen molar-refractivity contribution in [1.82, 2.24) is 25.9 Å². The summed E-state index contributed by atoms with van der Waals surface area (Å²) in [5.41, 5.74) is -0.504. The largest absolute Gasteiger partial charge is 0.394 e. The molecule has 0 unspecified atom stereocenters. The fourth-order valence-corrected chi connectivity index (χ4v) is 2.11. The maximum absolute atomic E-state index is 11.7. The monoisotopic (exact) mass is 225 g/mol. The van der Waals surface area contributed by atoms with Crippen LogP contribution in [-0.2, 0) is 0 Å². The van der Waals surface area contributed by atoms with Gasteiger partial charge < -0.3 is 10.4 Å². The number of H-pyrrole nitrogens is 1. The van der Waals surface area contributed by atoms with Crippen molar-refractivity contribution >= 4 is 5.91 Å². The van der Waals surface area contributed by atoms with Crippen molar-refractivity contribution in [3.63, 3.8) is 0 Å². The highest BCUT2D eigenvalue weighted by Crippen LogP contribution is 2.27. The SMILES string of the molecule is O=C(NC1(CO)CCCCC1)c1nn[nH]n1. The summed E-state index contributed by atoms with van der Waals surface area (Å²) in [7, 11) is 0. The van der Waals surface area contributed by atoms with Crippen LogP contribution in [0, 0.1) is 0 Å². The Morgan fingerprint density at radius 1 is 1.44 bits per heavy atom. The van der Waals surface area contributed by atoms with Gasteiger partial charge in [-0.1, -0.05) is 19.3 Å². The van der Waals surface area contributed by atoms with Gasteiger partial charge >= 0.3 is 0 Å². The average molecular weight is 225 g/mol. The first-order valence-electron chi connectivity index (χ1n) is 5.43. The first-order valence-corrected chi connectivity index (χ1v) is 5.43. The van der Waals surface area contributed by atoms with Gasteiger partial charge in [0.15, 0.2) is 0 Å². The van der Waals surface area contributed by atoms with Crippen molar-refractivity contribution in [2.24, 2.45) is 0 Å². The van der Waals surface area contributed by atoms with Crippen LogP contribution in [0.2, 0.25) is 0 Å². The van der Waals surface area contributed by atoms with Crippen molar-refractivity contribution in [3.05, 3.63) is 5.82 Å². The quantitative estimate of drug-likeness (QED) is 0.650. The number of carbonyl (C=O) groups is 1. The minimum atomic E-state index is -0.504. The zero-order valence-corrected chi connectivity index (χ0v) is 8.94. The first-order chi connectivity index (χ1) is 7.76. The lowest BCUT2D eigenvalue weighted by molar-refractivity contribution is 0.0749. The summed E-state index contributed by atoms with van der Waals surface area (Å²) in [6.07, 6.45) is 4.79. The number of aromatic amines is 1. The predicted molar refractivity (Wildman–Crippen MR) is 54.5 cm³/mol. The smallest absolute Gasteiger partial charge is 0.293 e. The number of tetrazole rings is 1. The zero-order valence-electron chi connectivity index (χ0n) is 8.94. The van der Waals surface area contributed by atoms with Crippen LogP contribution in [0.25, 0.3) is 0 Å². The lowest BCUT2D eigenvalue weighted by Gasteiger charge is -2.35. The molecule has 1 amide bonds. The Morgan fingerprint density at radius 2 is 2.19 bits per heavy atom. The van der Waals surface area contributed by atoms with Crippen LogP contribution in [0.3, 0.4) is 0 Å². The molecule has 7 heteroatoms. The molecule has 0 aliphatic heterocycles. The Balaban J connectivity index is 2.03. The zero-order chi connectivity index (χ0) is 11.4. The van der Waals surface area contributed by atoms with Crippen LogP contribution in [0.15, 0.2) is 0 Å². The van der Waals surface area contributed by atoms with Gasteiger partial charge in [-0.15, -0.1) is 10.2 Å². The summed E-state index contributed by atoms with van der Waals surface area (Å²) in [6, 6.07) is 0. The summed E-state index contributed by atoms with van der Waals surface area (Å²) in [6.45, 7) is -0.0450. The maximum atomic E-state index is 11.7. The first kappa shape index (κ1) is 11.0. The molecule has 0 bridgehead atoms. The topological polar surface area (TPSA) is 104 Å². The van der Waals surface area contributed by atoms with Gasteiger partial charge in [0.1, 0.15) is 0 Å². The Labute approximate surface area is 92.6 Å². The highest BCUT2D eigenvalue weighted by molar-refractivity contribution is 5.90. The lowest BCUT2D eigenvalue weighted by atomic mass is 9.82. The van der Waals surface area contributed by atoms with E-state index in [0.717, 1.165) is 32.1 Å². The molecular formula is C9H15N5O2. The summed E-state index contributed by atoms with van der Waals surface area (Å²) in [4.78, 5) is 11.7. The second-order valence-corrected chi connectivity index (χ2v) is 4.19. The number of aromatic nitrogens is 4. The second kappa shape index (κ2) is 4.56. The van der Waals surface area contributed by atoms with Gasteiger partial charge in [0, 0.05) is 0 Å². The molecule has 0 atom stereocenters. The highest BCUT2D eigenvalue weighted by Gasteiger charge is 2.33. The third kappa shape index (κ3) is 2.19. The minimum absolute atomic E-state index is 0.0124. The van der Waals surface area contributed by atoms with Crippen LogP contribution < -0.4 is 5.32 Å². The van der Waals surface area contributed by atoms with E-state index in [-0.39, 0.29) is 18.3 Å². The molecule has 1 heterocycles. The van der Waals surface area contributed by atoms with Gasteiger partial charge in [-0.3, -0.25) is 4.79 Å². The van der Waals surface area contributed by atoms with E-state index in [1.54, 1.807) is 0 Å². The normalized spacial score (nSPS) is 19.3. The van der Waals surface area contributed by atoms with Crippen molar-refractivity contribution in [2.45, 2.75) is 37.6 Å². The summed E-state index contributed by atoms with van der Waals surface area (Å²) in [5, 5.41) is 25.0. The fourth-order valence-electron chi connectivity index (χ4n) is 2.11. The highest BCUT2D eigenvalue weighted by atomic mass is 16.3. The molecule has 1 aromatic rings. The molecule has 1 aliphatic rings. The van der Waals surface area contributed by atoms with E-state index in [9.17, 15) is 9.90 Å². The van der Waals surface area contributed by atoms with Gasteiger partial charge in [0.2, 0.25) is 0 Å². The van der Waals surface area contributed by atoms with E-state index in [2.05, 4.69) is 25.9 Å². The Kier molecular flexibility index (Phi) is 3.14. The van der Waals surface area contributed by atoms with E-state index < -0.39 is 5.54 Å². The Morgan fingerprint density at radius 3 is 2.75 bits per heavy atom. The number of nitrogens with one attached hydrogen (secondary N) is 2. The second-order valence-electron chi connectivity index (χ2n) is 4.19. The number of rotatable bonds is 3. The molecule has 0 radical (unpaired) electrons. The van der Waals surface area contributed by atoms with E-state index in [4.69, 9.17) is 0 Å². The average Bonchev–Trinajstić information content (AvgIpc) is 2.84. The van der Waals surface area contributed by atoms with E-state index >= 15 is 0 Å². The van der Waals surface area contributed by atoms with Crippen LogP contribution >= 0.6 is 0 Å². The van der Waals surface area contributed by atoms with Crippen LogP contribution in [-0.4, -0.2) is 43.8 Å². The van der Waals surface area contributed by atoms with Crippen molar-refractivity contribution in [3.8, 4) is 0 Å². The molecule has 88 valence electrons. The molecule has 0 saturated heterocycles. The predicted octanol–water partition coefficient (Wildman–Crippen LogP) is -0.375. The van der Waals surface area contributed by atoms with Crippen LogP contribution in [0.5, 0.6) is 0 Å². The molecule has 0 aromatic carbocycles. The van der Waals surface area contributed by atoms with Gasteiger partial charge in [-0.25, -0.2) is 0 Å². The molecule has 0 spiro atoms. The van der Waals surface area contributed by atoms with Crippen LogP contribution in [0.4, 0.5) is 0 Å². The van der Waals surface area contributed by atoms with Gasteiger partial charge in [0.05, 0.1) is 12.1 Å². The standard InChI is InChI=1S/C9H15N5O2/c15-6-9(4-2-1-3-5-9)10-8(16)7-11-13-14-12-7/h15H,1-6H2,(H,10,16)(H,11,12,13,14). The van der Waals surface area contributed by atoms with E-state index in [0.29, 0.717) is 0 Å². The molecule has 1 aliphatic carbocycles. The molecule has 16 heavy (non-hydrogen) atoms. The molecule has 2 rings (SSSR count). The summed E-state index contributed by atoms with van der Waals surface area (Å²) in [5.74, 6) is -0.372. The number of nitrogens with zero attached hydrogens (tertiary/aromatic N) is 3. The van der Waals surface area contributed by atoms with Gasteiger partial charge in [0.25, 0.3) is 11.7 Å². The number of hydrogen-bond donors (Lipinski definition) is 3. The molecule has 3 N–H and O–H groups in total. The number of aliphatic hydroxyl groups excluding tert-OH is 1. The fraction of sp³-hybridized carbons (Fsp3) is 0.778. The van der Waals surface area contributed by atoms with Crippen molar-refractivity contribution < 1.29 is 9.90 Å². The van der Waals surface area contributed by atoms with E-state index in [1.165, 1.54) is 0 Å². The summed E-state index contributed by atoms with van der Waals surface area (Å²) < 4.78 is 0. The lowest BCUT2D eigenvalue weighted by Crippen LogP contribution is -2.52. The minimum Gasteiger partial charge on any atom is -0.394 e. The van der Waals surface area contributed by atoms with Gasteiger partial charge in [-0.2, -0.15) is 5.21 Å². The van der Waals surface area contributed by atoms with Crippen molar-refractivity contribution in [2.75, 3.05) is 6.61 Å². The van der Waals surface area contributed by atoms with Crippen molar-refractivity contribution in [1.29, 1.82) is 0 Å². The Bertz CT molecular complexity index is 345. The maximum Gasteiger partial charge on any atom is 0.293 e. The molecule has 1 saturated carbocycles. The third-order valence-corrected chi connectivity index (χ3v) is 3.04. The van der Waals surface area contributed by atoms with E-state index in [1.807, 2.05) is 0 Å². The van der Waals surface area contributed by atoms with Gasteiger partial charge in [-0.05, 0) is 18.1 Å². The third-order valence-electron chi connectivity index (χ3n) is 3.04. The number of amides is 1. The Hall–Kier alpha value is -1.50. The van der Waals surface area contributed by atoms with Crippen LogP contribution in [0.1, 0.15) is 42.7 Å². The number of carbonyl (C=O) groups excluding carboxylic acids is 1. The number of aliphatic hydroxyl groups is 1. The number of hydrogen-bond acceptors (Lipinski definition) is 5. The molecule has 1 aromatic heterocycles. The summed E-state index contributed by atoms with van der Waals surface area (Å²) >= 11 is 0. The molecule has 7 nitrogen and oxygen atoms in total. The molecular weight excluding hydrogens is 210 g/mol. The molecule has 1 fully saturated rings.